The molecule has 1 heterocycles. The van der Waals surface area contributed by atoms with Crippen molar-refractivity contribution in [2.24, 2.45) is 0 Å². The number of aliphatic hydroxyl groups excluding tert-OH is 1. The van der Waals surface area contributed by atoms with Crippen molar-refractivity contribution in [3.8, 4) is 5.75 Å². The summed E-state index contributed by atoms with van der Waals surface area (Å²) < 4.78 is 5.83. The zero-order chi connectivity index (χ0) is 19.2. The van der Waals surface area contributed by atoms with E-state index < -0.39 is 6.10 Å². The van der Waals surface area contributed by atoms with Gasteiger partial charge in [-0.3, -0.25) is 5.32 Å². The number of nitrogens with zero attached hydrogens (tertiary/aromatic N) is 2. The van der Waals surface area contributed by atoms with Gasteiger partial charge < -0.3 is 14.7 Å². The van der Waals surface area contributed by atoms with Crippen molar-refractivity contribution in [3.63, 3.8) is 0 Å². The molecule has 27 heavy (non-hydrogen) atoms. The fourth-order valence-corrected chi connectivity index (χ4v) is 3.28. The summed E-state index contributed by atoms with van der Waals surface area (Å²) in [6.45, 7) is 4.07. The molecule has 0 saturated heterocycles. The zero-order valence-electron chi connectivity index (χ0n) is 15.3. The normalized spacial score (nSPS) is 12.1. The maximum atomic E-state index is 12.5. The molecule has 6 nitrogen and oxygen atoms in total. The molecule has 3 aromatic rings. The molecule has 0 radical (unpaired) electrons. The van der Waals surface area contributed by atoms with Crippen molar-refractivity contribution in [1.29, 1.82) is 0 Å². The van der Waals surface area contributed by atoms with Gasteiger partial charge in [-0.15, -0.1) is 11.3 Å². The third-order valence-electron chi connectivity index (χ3n) is 4.12. The molecule has 142 valence electrons. The lowest BCUT2D eigenvalue weighted by molar-refractivity contribution is 0.0722. The van der Waals surface area contributed by atoms with Crippen molar-refractivity contribution in [2.45, 2.75) is 26.0 Å². The Balaban J connectivity index is 1.60. The molecule has 0 spiro atoms. The minimum Gasteiger partial charge on any atom is -0.490 e. The fourth-order valence-electron chi connectivity index (χ4n) is 2.76. The maximum absolute atomic E-state index is 12.5. The van der Waals surface area contributed by atoms with Crippen molar-refractivity contribution < 1.29 is 14.6 Å². The predicted molar refractivity (Wildman–Crippen MR) is 108 cm³/mol. The second-order valence-electron chi connectivity index (χ2n) is 6.46. The Kier molecular flexibility index (Phi) is 6.26. The summed E-state index contributed by atoms with van der Waals surface area (Å²) in [4.78, 5) is 18.1. The molecule has 0 bridgehead atoms. The lowest BCUT2D eigenvalue weighted by Gasteiger charge is -2.28. The third kappa shape index (κ3) is 4.96. The molecule has 3 rings (SSSR count). The second kappa shape index (κ2) is 8.83. The van der Waals surface area contributed by atoms with Gasteiger partial charge in [-0.05, 0) is 25.3 Å². The SMILES string of the molecule is CC(C)N(CC(O)COc1cccc2ccccc12)C(=O)Nc1nccs1. The summed E-state index contributed by atoms with van der Waals surface area (Å²) in [6, 6.07) is 13.4. The Hall–Kier alpha value is -2.64. The Bertz CT molecular complexity index is 878. The van der Waals surface area contributed by atoms with E-state index in [-0.39, 0.29) is 25.2 Å². The first-order valence-corrected chi connectivity index (χ1v) is 9.68. The highest BCUT2D eigenvalue weighted by Gasteiger charge is 2.21. The number of hydrogen-bond donors (Lipinski definition) is 2. The number of fused-ring (bicyclic) bond motifs is 1. The van der Waals surface area contributed by atoms with E-state index in [2.05, 4.69) is 10.3 Å². The number of hydrogen-bond acceptors (Lipinski definition) is 5. The molecule has 1 atom stereocenters. The number of carbonyl (C=O) groups excluding carboxylic acids is 1. The van der Waals surface area contributed by atoms with E-state index in [0.29, 0.717) is 5.13 Å². The lowest BCUT2D eigenvalue weighted by Crippen LogP contribution is -2.45. The number of benzene rings is 2. The van der Waals surface area contributed by atoms with E-state index in [4.69, 9.17) is 4.74 Å². The molecular weight excluding hydrogens is 362 g/mol. The van der Waals surface area contributed by atoms with E-state index in [1.807, 2.05) is 56.3 Å². The van der Waals surface area contributed by atoms with Crippen LogP contribution in [0.25, 0.3) is 10.8 Å². The van der Waals surface area contributed by atoms with E-state index in [9.17, 15) is 9.90 Å². The third-order valence-corrected chi connectivity index (χ3v) is 4.81. The molecule has 0 aliphatic carbocycles. The Labute approximate surface area is 162 Å². The summed E-state index contributed by atoms with van der Waals surface area (Å²) >= 11 is 1.35. The highest BCUT2D eigenvalue weighted by Crippen LogP contribution is 2.25. The number of carbonyl (C=O) groups is 1. The maximum Gasteiger partial charge on any atom is 0.323 e. The topological polar surface area (TPSA) is 74.7 Å². The summed E-state index contributed by atoms with van der Waals surface area (Å²) in [5, 5.41) is 17.6. The molecule has 7 heteroatoms. The zero-order valence-corrected chi connectivity index (χ0v) is 16.1. The number of ether oxygens (including phenoxy) is 1. The number of urea groups is 1. The van der Waals surface area contributed by atoms with Gasteiger partial charge in [-0.2, -0.15) is 0 Å². The van der Waals surface area contributed by atoms with Gasteiger partial charge in [-0.1, -0.05) is 36.4 Å². The lowest BCUT2D eigenvalue weighted by atomic mass is 10.1. The van der Waals surface area contributed by atoms with E-state index in [0.717, 1.165) is 16.5 Å². The first-order valence-electron chi connectivity index (χ1n) is 8.80. The van der Waals surface area contributed by atoms with Crippen LogP contribution in [-0.4, -0.2) is 46.3 Å². The summed E-state index contributed by atoms with van der Waals surface area (Å²) in [6.07, 6.45) is 0.820. The van der Waals surface area contributed by atoms with Gasteiger partial charge in [-0.25, -0.2) is 9.78 Å². The highest BCUT2D eigenvalue weighted by atomic mass is 32.1. The molecule has 2 amide bonds. The van der Waals surface area contributed by atoms with E-state index in [1.165, 1.54) is 11.3 Å². The van der Waals surface area contributed by atoms with Crippen LogP contribution in [0.15, 0.2) is 54.0 Å². The Morgan fingerprint density at radius 1 is 1.26 bits per heavy atom. The van der Waals surface area contributed by atoms with Crippen LogP contribution in [0.3, 0.4) is 0 Å². The van der Waals surface area contributed by atoms with Crippen LogP contribution < -0.4 is 10.1 Å². The summed E-state index contributed by atoms with van der Waals surface area (Å²) in [7, 11) is 0. The minimum absolute atomic E-state index is 0.0721. The molecule has 0 fully saturated rings. The smallest absolute Gasteiger partial charge is 0.323 e. The highest BCUT2D eigenvalue weighted by molar-refractivity contribution is 7.13. The first-order chi connectivity index (χ1) is 13.0. The van der Waals surface area contributed by atoms with Crippen molar-refractivity contribution in [3.05, 3.63) is 54.0 Å². The van der Waals surface area contributed by atoms with Crippen LogP contribution >= 0.6 is 11.3 Å². The standard InChI is InChI=1S/C20H23N3O3S/c1-14(2)23(20(25)22-19-21-10-11-27-19)12-16(24)13-26-18-9-5-7-15-6-3-4-8-17(15)18/h3-11,14,16,24H,12-13H2,1-2H3,(H,21,22,25). The Morgan fingerprint density at radius 2 is 2.04 bits per heavy atom. The number of nitrogens with one attached hydrogen (secondary N) is 1. The Morgan fingerprint density at radius 3 is 2.78 bits per heavy atom. The number of aliphatic hydroxyl groups is 1. The van der Waals surface area contributed by atoms with Crippen LogP contribution in [-0.2, 0) is 0 Å². The largest absolute Gasteiger partial charge is 0.490 e. The monoisotopic (exact) mass is 385 g/mol. The van der Waals surface area contributed by atoms with Crippen molar-refractivity contribution >= 4 is 33.3 Å². The first kappa shape index (κ1) is 19.1. The number of anilines is 1. The van der Waals surface area contributed by atoms with E-state index >= 15 is 0 Å². The van der Waals surface area contributed by atoms with Gasteiger partial charge >= 0.3 is 6.03 Å². The van der Waals surface area contributed by atoms with E-state index in [1.54, 1.807) is 16.5 Å². The van der Waals surface area contributed by atoms with Crippen LogP contribution in [0.5, 0.6) is 5.75 Å². The second-order valence-corrected chi connectivity index (χ2v) is 7.35. The van der Waals surface area contributed by atoms with Gasteiger partial charge in [0.05, 0.1) is 6.54 Å². The number of amides is 2. The quantitative estimate of drug-likeness (QED) is 0.645. The van der Waals surface area contributed by atoms with Gasteiger partial charge in [0.15, 0.2) is 5.13 Å². The molecule has 0 aliphatic heterocycles. The number of thiazole rings is 1. The predicted octanol–water partition coefficient (Wildman–Crippen LogP) is 3.98. The fraction of sp³-hybridized carbons (Fsp3) is 0.300. The molecule has 1 aromatic heterocycles. The molecule has 0 saturated carbocycles. The van der Waals surface area contributed by atoms with Gasteiger partial charge in [0.2, 0.25) is 0 Å². The average molecular weight is 385 g/mol. The van der Waals surface area contributed by atoms with Crippen LogP contribution in [0, 0.1) is 0 Å². The minimum atomic E-state index is -0.812. The number of rotatable bonds is 7. The molecule has 2 N–H and O–H groups in total. The molecule has 0 aliphatic rings. The van der Waals surface area contributed by atoms with Gasteiger partial charge in [0.25, 0.3) is 0 Å². The van der Waals surface area contributed by atoms with Crippen molar-refractivity contribution in [2.75, 3.05) is 18.5 Å². The summed E-state index contributed by atoms with van der Waals surface area (Å²) in [5.74, 6) is 0.718. The van der Waals surface area contributed by atoms with Gasteiger partial charge in [0.1, 0.15) is 18.5 Å². The summed E-state index contributed by atoms with van der Waals surface area (Å²) in [5.41, 5.74) is 0. The van der Waals surface area contributed by atoms with Crippen LogP contribution in [0.2, 0.25) is 0 Å². The molecular formula is C20H23N3O3S. The van der Waals surface area contributed by atoms with Crippen LogP contribution in [0.1, 0.15) is 13.8 Å². The number of aromatic nitrogens is 1. The molecule has 1 unspecified atom stereocenters. The average Bonchev–Trinajstić information content (AvgIpc) is 3.17. The van der Waals surface area contributed by atoms with Crippen molar-refractivity contribution in [1.82, 2.24) is 9.88 Å². The van der Waals surface area contributed by atoms with Crippen LogP contribution in [0.4, 0.5) is 9.93 Å². The van der Waals surface area contributed by atoms with Gasteiger partial charge in [0, 0.05) is 23.0 Å². The molecule has 2 aromatic carbocycles.